The van der Waals surface area contributed by atoms with Crippen LogP contribution >= 0.6 is 11.3 Å². The minimum Gasteiger partial charge on any atom is -0.365 e. The van der Waals surface area contributed by atoms with Crippen LogP contribution in [-0.4, -0.2) is 33.4 Å². The molecule has 0 radical (unpaired) electrons. The second kappa shape index (κ2) is 6.33. The number of amides is 1. The first kappa shape index (κ1) is 15.3. The first-order valence-corrected chi connectivity index (χ1v) is 8.94. The van der Waals surface area contributed by atoms with Gasteiger partial charge >= 0.3 is 0 Å². The van der Waals surface area contributed by atoms with E-state index in [-0.39, 0.29) is 5.91 Å². The van der Waals surface area contributed by atoms with Crippen molar-refractivity contribution in [2.24, 2.45) is 5.73 Å². The van der Waals surface area contributed by atoms with Gasteiger partial charge in [-0.15, -0.1) is 11.3 Å². The summed E-state index contributed by atoms with van der Waals surface area (Å²) in [6.07, 6.45) is 8.37. The van der Waals surface area contributed by atoms with Crippen LogP contribution in [0.4, 0.5) is 0 Å². The minimum absolute atomic E-state index is 0.385. The van der Waals surface area contributed by atoms with Crippen molar-refractivity contribution in [3.8, 4) is 0 Å². The summed E-state index contributed by atoms with van der Waals surface area (Å²) < 4.78 is 1.96. The quantitative estimate of drug-likeness (QED) is 0.759. The average molecular weight is 341 g/mol. The van der Waals surface area contributed by atoms with E-state index in [2.05, 4.69) is 10.3 Å². The van der Waals surface area contributed by atoms with E-state index in [0.29, 0.717) is 17.2 Å². The number of thiazole rings is 1. The Morgan fingerprint density at radius 2 is 2.21 bits per heavy atom. The fourth-order valence-corrected chi connectivity index (χ4v) is 4.29. The van der Waals surface area contributed by atoms with Gasteiger partial charge in [-0.05, 0) is 43.6 Å². The van der Waals surface area contributed by atoms with Crippen LogP contribution in [0, 0.1) is 0 Å². The van der Waals surface area contributed by atoms with Crippen molar-refractivity contribution in [3.05, 3.63) is 51.9 Å². The number of imidazole rings is 1. The van der Waals surface area contributed by atoms with Crippen molar-refractivity contribution in [3.63, 3.8) is 0 Å². The molecule has 1 amide bonds. The molecule has 0 aromatic carbocycles. The fraction of sp³-hybridized carbons (Fsp3) is 0.353. The summed E-state index contributed by atoms with van der Waals surface area (Å²) >= 11 is 1.46. The van der Waals surface area contributed by atoms with Gasteiger partial charge in [-0.3, -0.25) is 4.79 Å². The predicted octanol–water partition coefficient (Wildman–Crippen LogP) is 1.95. The Balaban J connectivity index is 1.65. The van der Waals surface area contributed by atoms with E-state index in [0.717, 1.165) is 47.8 Å². The fourth-order valence-electron chi connectivity index (χ4n) is 3.18. The Kier molecular flexibility index (Phi) is 4.03. The van der Waals surface area contributed by atoms with E-state index in [1.165, 1.54) is 11.3 Å². The molecule has 124 valence electrons. The molecule has 1 fully saturated rings. The zero-order valence-electron chi connectivity index (χ0n) is 13.2. The highest BCUT2D eigenvalue weighted by atomic mass is 32.1. The van der Waals surface area contributed by atoms with Gasteiger partial charge in [0.25, 0.3) is 5.91 Å². The molecule has 7 heteroatoms. The topological polar surface area (TPSA) is 85.3 Å². The number of fused-ring (bicyclic) bond motifs is 1. The van der Waals surface area contributed by atoms with Gasteiger partial charge in [0.15, 0.2) is 0 Å². The molecule has 1 aliphatic heterocycles. The number of carbonyl (C=O) groups excluding carboxylic acids is 1. The maximum absolute atomic E-state index is 11.8. The molecule has 24 heavy (non-hydrogen) atoms. The van der Waals surface area contributed by atoms with E-state index < -0.39 is 0 Å². The Morgan fingerprint density at radius 1 is 1.38 bits per heavy atom. The van der Waals surface area contributed by atoms with Crippen molar-refractivity contribution in [1.29, 1.82) is 0 Å². The summed E-state index contributed by atoms with van der Waals surface area (Å²) in [5, 5.41) is 4.40. The second-order valence-corrected chi connectivity index (χ2v) is 7.15. The Hall–Kier alpha value is -2.25. The number of pyridine rings is 1. The number of nitrogens with zero attached hydrogens (tertiary/aromatic N) is 3. The number of hydrogen-bond acceptors (Lipinski definition) is 5. The second-order valence-electron chi connectivity index (χ2n) is 6.12. The molecule has 0 spiro atoms. The number of carbonyl (C=O) groups is 1. The number of primary amides is 1. The molecule has 3 aromatic rings. The molecule has 0 saturated carbocycles. The molecular weight excluding hydrogens is 322 g/mol. The number of piperidine rings is 1. The van der Waals surface area contributed by atoms with Crippen molar-refractivity contribution < 1.29 is 4.79 Å². The lowest BCUT2D eigenvalue weighted by Crippen LogP contribution is -2.26. The molecule has 4 heterocycles. The highest BCUT2D eigenvalue weighted by Gasteiger charge is 2.23. The number of aromatic nitrogens is 3. The van der Waals surface area contributed by atoms with E-state index >= 15 is 0 Å². The molecular formula is C17H19N5OS. The van der Waals surface area contributed by atoms with Gasteiger partial charge in [0.05, 0.1) is 10.7 Å². The lowest BCUT2D eigenvalue weighted by atomic mass is 9.99. The van der Waals surface area contributed by atoms with Crippen LogP contribution in [-0.2, 0) is 6.42 Å². The van der Waals surface area contributed by atoms with Crippen LogP contribution in [0.25, 0.3) is 5.65 Å². The monoisotopic (exact) mass is 341 g/mol. The van der Waals surface area contributed by atoms with Gasteiger partial charge in [-0.25, -0.2) is 9.97 Å². The number of nitrogens with two attached hydrogens (primary N) is 1. The zero-order chi connectivity index (χ0) is 16.5. The van der Waals surface area contributed by atoms with Crippen LogP contribution in [0.15, 0.2) is 30.7 Å². The third-order valence-corrected chi connectivity index (χ3v) is 5.73. The van der Waals surface area contributed by atoms with Gasteiger partial charge in [-0.1, -0.05) is 0 Å². The van der Waals surface area contributed by atoms with E-state index in [9.17, 15) is 4.79 Å². The molecule has 0 unspecified atom stereocenters. The van der Waals surface area contributed by atoms with Crippen molar-refractivity contribution in [2.45, 2.75) is 25.2 Å². The molecule has 0 atom stereocenters. The van der Waals surface area contributed by atoms with Crippen LogP contribution in [0.2, 0.25) is 0 Å². The smallest absolute Gasteiger partial charge is 0.260 e. The van der Waals surface area contributed by atoms with E-state index in [1.54, 1.807) is 6.20 Å². The maximum atomic E-state index is 11.8. The van der Waals surface area contributed by atoms with Crippen LogP contribution in [0.1, 0.15) is 44.7 Å². The molecule has 0 aliphatic carbocycles. The van der Waals surface area contributed by atoms with Gasteiger partial charge in [0, 0.05) is 30.9 Å². The summed E-state index contributed by atoms with van der Waals surface area (Å²) in [7, 11) is 0. The Labute approximate surface area is 143 Å². The Bertz CT molecular complexity index is 878. The first-order valence-electron chi connectivity index (χ1n) is 8.12. The normalized spacial score (nSPS) is 15.8. The highest BCUT2D eigenvalue weighted by Crippen LogP contribution is 2.31. The van der Waals surface area contributed by atoms with Crippen molar-refractivity contribution >= 4 is 22.9 Å². The standard InChI is InChI=1S/C17H19N5OS/c18-16(23)15-13(21-17(24-15)12-1-4-19-5-2-12)9-11-3-7-22-8-6-20-14(22)10-11/h3,6-8,10,12,19H,1-2,4-5,9H2,(H2,18,23). The summed E-state index contributed by atoms with van der Waals surface area (Å²) in [4.78, 5) is 21.5. The summed E-state index contributed by atoms with van der Waals surface area (Å²) in [5.74, 6) is 0.0439. The van der Waals surface area contributed by atoms with Gasteiger partial charge in [0.2, 0.25) is 0 Å². The van der Waals surface area contributed by atoms with Gasteiger partial charge in [0.1, 0.15) is 10.5 Å². The summed E-state index contributed by atoms with van der Waals surface area (Å²) in [6, 6.07) is 4.05. The van der Waals surface area contributed by atoms with Crippen LogP contribution in [0.3, 0.4) is 0 Å². The van der Waals surface area contributed by atoms with Crippen molar-refractivity contribution in [1.82, 2.24) is 19.7 Å². The number of rotatable bonds is 4. The third kappa shape index (κ3) is 2.92. The summed E-state index contributed by atoms with van der Waals surface area (Å²) in [5.41, 5.74) is 8.35. The van der Waals surface area contributed by atoms with Gasteiger partial charge < -0.3 is 15.5 Å². The number of hydrogen-bond donors (Lipinski definition) is 2. The minimum atomic E-state index is -0.385. The lowest BCUT2D eigenvalue weighted by molar-refractivity contribution is 0.100. The highest BCUT2D eigenvalue weighted by molar-refractivity contribution is 7.13. The third-order valence-electron chi connectivity index (χ3n) is 4.46. The predicted molar refractivity (Wildman–Crippen MR) is 93.5 cm³/mol. The zero-order valence-corrected chi connectivity index (χ0v) is 14.1. The first-order chi connectivity index (χ1) is 11.7. The van der Waals surface area contributed by atoms with Gasteiger partial charge in [-0.2, -0.15) is 0 Å². The van der Waals surface area contributed by atoms with E-state index in [1.807, 2.05) is 28.9 Å². The number of nitrogens with one attached hydrogen (secondary N) is 1. The summed E-state index contributed by atoms with van der Waals surface area (Å²) in [6.45, 7) is 2.00. The van der Waals surface area contributed by atoms with Crippen LogP contribution < -0.4 is 11.1 Å². The molecule has 1 saturated heterocycles. The molecule has 6 nitrogen and oxygen atoms in total. The lowest BCUT2D eigenvalue weighted by Gasteiger charge is -2.20. The molecule has 3 aromatic heterocycles. The molecule has 3 N–H and O–H groups in total. The van der Waals surface area contributed by atoms with Crippen molar-refractivity contribution in [2.75, 3.05) is 13.1 Å². The largest absolute Gasteiger partial charge is 0.365 e. The van der Waals surface area contributed by atoms with E-state index in [4.69, 9.17) is 10.7 Å². The molecule has 4 rings (SSSR count). The molecule has 0 bridgehead atoms. The molecule has 1 aliphatic rings. The van der Waals surface area contributed by atoms with Crippen LogP contribution in [0.5, 0.6) is 0 Å². The average Bonchev–Trinajstić information content (AvgIpc) is 3.22. The Morgan fingerprint density at radius 3 is 3.00 bits per heavy atom. The maximum Gasteiger partial charge on any atom is 0.260 e. The SMILES string of the molecule is NC(=O)c1sc(C2CCNCC2)nc1Cc1ccn2ccnc2c1.